The molecule has 0 bridgehead atoms. The smallest absolute Gasteiger partial charge is 0.262 e. The molecule has 0 radical (unpaired) electrons. The van der Waals surface area contributed by atoms with Crippen molar-refractivity contribution in [3.05, 3.63) is 71.1 Å². The summed E-state index contributed by atoms with van der Waals surface area (Å²) in [5.41, 5.74) is -0.0393. The highest BCUT2D eigenvalue weighted by Crippen LogP contribution is 2.29. The average Bonchev–Trinajstić information content (AvgIpc) is 2.43. The predicted octanol–water partition coefficient (Wildman–Crippen LogP) is 3.68. The van der Waals surface area contributed by atoms with Crippen molar-refractivity contribution in [1.82, 2.24) is 4.98 Å². The first-order chi connectivity index (χ1) is 8.84. The zero-order valence-corrected chi connectivity index (χ0v) is 10.4. The molecule has 1 aromatic heterocycles. The minimum atomic E-state index is -0.0393. The Kier molecular flexibility index (Phi) is 2.90. The Morgan fingerprint density at radius 2 is 1.61 bits per heavy atom. The van der Waals surface area contributed by atoms with Crippen LogP contribution >= 0.6 is 11.8 Å². The molecule has 1 heterocycles. The van der Waals surface area contributed by atoms with Gasteiger partial charge in [-0.15, -0.1) is 0 Å². The molecule has 2 nitrogen and oxygen atoms in total. The van der Waals surface area contributed by atoms with Gasteiger partial charge in [0.25, 0.3) is 5.56 Å². The highest BCUT2D eigenvalue weighted by molar-refractivity contribution is 7.99. The number of aromatic amines is 1. The summed E-state index contributed by atoms with van der Waals surface area (Å²) in [6, 6.07) is 17.8. The summed E-state index contributed by atoms with van der Waals surface area (Å²) >= 11 is 1.50. The molecule has 88 valence electrons. The summed E-state index contributed by atoms with van der Waals surface area (Å²) in [7, 11) is 0. The third-order valence-electron chi connectivity index (χ3n) is 2.73. The van der Waals surface area contributed by atoms with E-state index in [0.29, 0.717) is 0 Å². The molecule has 3 heteroatoms. The summed E-state index contributed by atoms with van der Waals surface area (Å²) in [6.07, 6.45) is 1.76. The van der Waals surface area contributed by atoms with Gasteiger partial charge in [-0.25, -0.2) is 0 Å². The van der Waals surface area contributed by atoms with Gasteiger partial charge in [0.15, 0.2) is 0 Å². The predicted molar refractivity (Wildman–Crippen MR) is 75.1 cm³/mol. The van der Waals surface area contributed by atoms with Crippen molar-refractivity contribution in [3.63, 3.8) is 0 Å². The van der Waals surface area contributed by atoms with Gasteiger partial charge in [0.2, 0.25) is 0 Å². The number of aromatic nitrogens is 1. The second-order valence-electron chi connectivity index (χ2n) is 3.95. The molecule has 0 unspecified atom stereocenters. The van der Waals surface area contributed by atoms with Crippen LogP contribution in [0.5, 0.6) is 0 Å². The van der Waals surface area contributed by atoms with Gasteiger partial charge < -0.3 is 4.98 Å². The van der Waals surface area contributed by atoms with Crippen LogP contribution in [0.15, 0.2) is 75.4 Å². The highest BCUT2D eigenvalue weighted by atomic mass is 32.2. The van der Waals surface area contributed by atoms with Crippen molar-refractivity contribution in [2.24, 2.45) is 0 Å². The molecule has 0 aliphatic rings. The monoisotopic (exact) mass is 253 g/mol. The van der Waals surface area contributed by atoms with Crippen LogP contribution in [0.2, 0.25) is 0 Å². The number of pyridine rings is 1. The van der Waals surface area contributed by atoms with Crippen LogP contribution in [0.4, 0.5) is 0 Å². The van der Waals surface area contributed by atoms with Crippen molar-refractivity contribution < 1.29 is 0 Å². The number of nitrogens with one attached hydrogen (secondary N) is 1. The zero-order valence-electron chi connectivity index (χ0n) is 9.59. The van der Waals surface area contributed by atoms with E-state index < -0.39 is 0 Å². The van der Waals surface area contributed by atoms with Crippen LogP contribution in [0.3, 0.4) is 0 Å². The van der Waals surface area contributed by atoms with E-state index in [2.05, 4.69) is 4.98 Å². The summed E-state index contributed by atoms with van der Waals surface area (Å²) in [5.74, 6) is 0. The van der Waals surface area contributed by atoms with Gasteiger partial charge in [-0.1, -0.05) is 54.2 Å². The molecule has 18 heavy (non-hydrogen) atoms. The van der Waals surface area contributed by atoms with E-state index in [-0.39, 0.29) is 5.56 Å². The van der Waals surface area contributed by atoms with Gasteiger partial charge >= 0.3 is 0 Å². The SMILES string of the molecule is O=c1[nH]cc2ccccc2c1Sc1ccccc1. The lowest BCUT2D eigenvalue weighted by molar-refractivity contribution is 1.18. The molecule has 0 atom stereocenters. The standard InChI is InChI=1S/C15H11NOS/c17-15-14(18-12-7-2-1-3-8-12)13-9-5-4-6-11(13)10-16-15/h1-10H,(H,16,17). The molecule has 0 saturated heterocycles. The van der Waals surface area contributed by atoms with E-state index >= 15 is 0 Å². The van der Waals surface area contributed by atoms with Crippen molar-refractivity contribution in [2.45, 2.75) is 9.79 Å². The Morgan fingerprint density at radius 3 is 2.44 bits per heavy atom. The van der Waals surface area contributed by atoms with Gasteiger partial charge in [0, 0.05) is 16.5 Å². The lowest BCUT2D eigenvalue weighted by atomic mass is 10.2. The summed E-state index contributed by atoms with van der Waals surface area (Å²) in [4.78, 5) is 16.6. The first kappa shape index (κ1) is 11.1. The first-order valence-electron chi connectivity index (χ1n) is 5.68. The molecule has 1 N–H and O–H groups in total. The maximum atomic E-state index is 12.0. The topological polar surface area (TPSA) is 32.9 Å². The fourth-order valence-corrected chi connectivity index (χ4v) is 2.84. The van der Waals surface area contributed by atoms with Crippen molar-refractivity contribution in [1.29, 1.82) is 0 Å². The number of hydrogen-bond acceptors (Lipinski definition) is 2. The lowest BCUT2D eigenvalue weighted by Gasteiger charge is -2.04. The third kappa shape index (κ3) is 2.05. The Balaban J connectivity index is 2.16. The molecule has 3 aromatic rings. The number of rotatable bonds is 2. The van der Waals surface area contributed by atoms with E-state index in [1.54, 1.807) is 6.20 Å². The van der Waals surface area contributed by atoms with Crippen molar-refractivity contribution in [3.8, 4) is 0 Å². The summed E-state index contributed by atoms with van der Waals surface area (Å²) in [6.45, 7) is 0. The molecule has 0 aliphatic carbocycles. The Bertz CT molecular complexity index is 734. The largest absolute Gasteiger partial charge is 0.327 e. The number of H-pyrrole nitrogens is 1. The maximum Gasteiger partial charge on any atom is 0.262 e. The van der Waals surface area contributed by atoms with Crippen LogP contribution in [-0.4, -0.2) is 4.98 Å². The van der Waals surface area contributed by atoms with Gasteiger partial charge in [0.05, 0.1) is 4.90 Å². The van der Waals surface area contributed by atoms with Crippen LogP contribution in [0, 0.1) is 0 Å². The zero-order chi connectivity index (χ0) is 12.4. The highest BCUT2D eigenvalue weighted by Gasteiger charge is 2.07. The van der Waals surface area contributed by atoms with Crippen molar-refractivity contribution >= 4 is 22.5 Å². The Morgan fingerprint density at radius 1 is 0.889 bits per heavy atom. The molecular weight excluding hydrogens is 242 g/mol. The minimum Gasteiger partial charge on any atom is -0.327 e. The van der Waals surface area contributed by atoms with Crippen LogP contribution in [0.25, 0.3) is 10.8 Å². The molecule has 0 saturated carbocycles. The van der Waals surface area contributed by atoms with Crippen molar-refractivity contribution in [2.75, 3.05) is 0 Å². The normalized spacial score (nSPS) is 10.7. The van der Waals surface area contributed by atoms with E-state index in [9.17, 15) is 4.79 Å². The molecule has 3 rings (SSSR count). The number of benzene rings is 2. The van der Waals surface area contributed by atoms with E-state index in [0.717, 1.165) is 20.6 Å². The van der Waals surface area contributed by atoms with E-state index in [1.807, 2.05) is 54.6 Å². The maximum absolute atomic E-state index is 12.0. The van der Waals surface area contributed by atoms with E-state index in [4.69, 9.17) is 0 Å². The minimum absolute atomic E-state index is 0.0393. The van der Waals surface area contributed by atoms with Crippen LogP contribution in [-0.2, 0) is 0 Å². The quantitative estimate of drug-likeness (QED) is 0.755. The van der Waals surface area contributed by atoms with Gasteiger partial charge in [-0.2, -0.15) is 0 Å². The molecule has 0 fully saturated rings. The Hall–Kier alpha value is -2.00. The number of fused-ring (bicyclic) bond motifs is 1. The second kappa shape index (κ2) is 4.70. The molecule has 0 amide bonds. The van der Waals surface area contributed by atoms with Gasteiger partial charge in [-0.05, 0) is 17.5 Å². The summed E-state index contributed by atoms with van der Waals surface area (Å²) in [5, 5.41) is 2.05. The van der Waals surface area contributed by atoms with Crippen LogP contribution in [0.1, 0.15) is 0 Å². The van der Waals surface area contributed by atoms with E-state index in [1.165, 1.54) is 11.8 Å². The molecular formula is C15H11NOS. The van der Waals surface area contributed by atoms with Gasteiger partial charge in [-0.3, -0.25) is 4.79 Å². The lowest BCUT2D eigenvalue weighted by Crippen LogP contribution is -2.07. The van der Waals surface area contributed by atoms with Crippen LogP contribution < -0.4 is 5.56 Å². The molecule has 0 aliphatic heterocycles. The fourth-order valence-electron chi connectivity index (χ4n) is 1.87. The molecule has 0 spiro atoms. The Labute approximate surface area is 109 Å². The third-order valence-corrected chi connectivity index (χ3v) is 3.85. The van der Waals surface area contributed by atoms with Gasteiger partial charge in [0.1, 0.15) is 0 Å². The first-order valence-corrected chi connectivity index (χ1v) is 6.49. The summed E-state index contributed by atoms with van der Waals surface area (Å²) < 4.78 is 0. The fraction of sp³-hybridized carbons (Fsp3) is 0. The number of hydrogen-bond donors (Lipinski definition) is 1. The molecule has 2 aromatic carbocycles. The average molecular weight is 253 g/mol. The second-order valence-corrected chi connectivity index (χ2v) is 5.03.